The first-order chi connectivity index (χ1) is 20.0. The van der Waals surface area contributed by atoms with E-state index in [0.717, 1.165) is 22.8 Å². The van der Waals surface area contributed by atoms with Crippen molar-refractivity contribution in [1.29, 1.82) is 0 Å². The number of thiol groups is 1. The third-order valence-corrected chi connectivity index (χ3v) is 11.9. The van der Waals surface area contributed by atoms with Crippen LogP contribution in [0.15, 0.2) is 17.4 Å². The van der Waals surface area contributed by atoms with Crippen molar-refractivity contribution in [2.45, 2.75) is 53.5 Å². The summed E-state index contributed by atoms with van der Waals surface area (Å²) in [5.74, 6) is -0.201. The fraction of sp³-hybridized carbons (Fsp3) is 0.550. The summed E-state index contributed by atoms with van der Waals surface area (Å²) >= 11 is 5.26. The molecule has 1 unspecified atom stereocenters. The first kappa shape index (κ1) is 29.1. The van der Waals surface area contributed by atoms with Crippen LogP contribution in [0.25, 0.3) is 22.3 Å². The lowest BCUT2D eigenvalue weighted by Gasteiger charge is -2.28. The lowest BCUT2D eigenvalue weighted by molar-refractivity contribution is -0.0463. The third kappa shape index (κ3) is 4.81. The number of rotatable bonds is 8. The number of aliphatic hydroxyl groups excluding tert-OH is 2. The number of nitrogens with zero attached hydrogens (tertiary/aromatic N) is 8. The van der Waals surface area contributed by atoms with Crippen molar-refractivity contribution in [3.63, 3.8) is 0 Å². The van der Waals surface area contributed by atoms with Gasteiger partial charge in [-0.2, -0.15) is 9.67 Å². The Bertz CT molecular complexity index is 1740. The van der Waals surface area contributed by atoms with E-state index in [0.29, 0.717) is 0 Å². The van der Waals surface area contributed by atoms with Crippen LogP contribution in [0.3, 0.4) is 0 Å². The molecule has 22 heteroatoms. The molecular weight excluding hydrogens is 623 g/mol. The molecule has 0 bridgehead atoms. The smallest absolute Gasteiger partial charge is 0.280 e. The highest BCUT2D eigenvalue weighted by molar-refractivity contribution is 8.46. The maximum absolute atomic E-state index is 15.8. The largest absolute Gasteiger partial charge is 0.396 e. The summed E-state index contributed by atoms with van der Waals surface area (Å²) in [4.78, 5) is 30.5. The van der Waals surface area contributed by atoms with Crippen molar-refractivity contribution >= 4 is 64.7 Å². The number of thioether (sulfide) groups is 1. The van der Waals surface area contributed by atoms with Crippen LogP contribution in [0.1, 0.15) is 18.0 Å². The normalized spacial score (nSPS) is 31.3. The zero-order valence-corrected chi connectivity index (χ0v) is 23.8. The van der Waals surface area contributed by atoms with Gasteiger partial charge in [-0.25, -0.2) is 23.7 Å². The molecule has 17 nitrogen and oxygen atoms in total. The predicted molar refractivity (Wildman–Crippen MR) is 148 cm³/mol. The maximum atomic E-state index is 15.8. The van der Waals surface area contributed by atoms with E-state index < -0.39 is 65.8 Å². The minimum absolute atomic E-state index is 0.00790. The van der Waals surface area contributed by atoms with Crippen molar-refractivity contribution in [1.82, 2.24) is 44.5 Å². The Labute approximate surface area is 243 Å². The highest BCUT2D eigenvalue weighted by Crippen LogP contribution is 2.67. The molecular formula is C20H24F2N11O6PS2. The predicted octanol–water partition coefficient (Wildman–Crippen LogP) is -0.0421. The van der Waals surface area contributed by atoms with Crippen molar-refractivity contribution in [3.8, 4) is 0 Å². The molecule has 2 saturated heterocycles. The number of ether oxygens (including phenoxy) is 1. The number of H-pyrrole nitrogens is 1. The van der Waals surface area contributed by atoms with Gasteiger partial charge in [0.25, 0.3) is 12.1 Å². The number of hydrogen-bond donors (Lipinski definition) is 6. The van der Waals surface area contributed by atoms with Crippen LogP contribution >= 0.6 is 30.6 Å². The van der Waals surface area contributed by atoms with Crippen molar-refractivity contribution in [3.05, 3.63) is 23.0 Å². The number of anilines is 2. The molecule has 0 radical (unpaired) electrons. The van der Waals surface area contributed by atoms with Gasteiger partial charge in [0.05, 0.1) is 18.3 Å². The standard InChI is InChI=1S/C20H24F2N11O6PS2/c21-8-7(1-2-34)42-19(32-5-27-11-16(32)28-20(24)29-17(11)36)13(8)40(37,41)38-3-6-12(35)9(22)18(39-6)33-15-10(30-31-33)14(23)25-4-26-15/h4-9,12-13,18-19,34-35H,1-3H2,(H,37,41)(H2,23,25,26)(H3,24,28,29,36)/t6-,7-,8-,9+,12-,13-,18-,19-,40?/m1/s1. The van der Waals surface area contributed by atoms with Gasteiger partial charge in [0.1, 0.15) is 30.4 Å². The lowest BCUT2D eigenvalue weighted by Crippen LogP contribution is -2.33. The molecule has 6 heterocycles. The second kappa shape index (κ2) is 11.0. The number of aromatic amines is 1. The van der Waals surface area contributed by atoms with Crippen LogP contribution in [-0.2, 0) is 13.8 Å². The Morgan fingerprint density at radius 2 is 2.00 bits per heavy atom. The number of nitrogens with one attached hydrogen (secondary N) is 1. The highest BCUT2D eigenvalue weighted by atomic mass is 32.7. The van der Waals surface area contributed by atoms with Crippen molar-refractivity contribution < 1.29 is 32.8 Å². The molecule has 2 aliphatic heterocycles. The molecule has 7 N–H and O–H groups in total. The van der Waals surface area contributed by atoms with Crippen LogP contribution in [0.4, 0.5) is 20.5 Å². The molecule has 4 aromatic heterocycles. The molecule has 0 amide bonds. The summed E-state index contributed by atoms with van der Waals surface area (Å²) in [6, 6.07) is 0. The summed E-state index contributed by atoms with van der Waals surface area (Å²) in [6.07, 6.45) is -6.04. The molecule has 4 aromatic rings. The Hall–Kier alpha value is -2.94. The molecule has 0 aromatic carbocycles. The number of alkyl halides is 2. The summed E-state index contributed by atoms with van der Waals surface area (Å²) < 4.78 is 58.5. The number of nitrogens with two attached hydrogens (primary N) is 2. The topological polar surface area (TPSA) is 248 Å². The van der Waals surface area contributed by atoms with Crippen LogP contribution in [-0.4, -0.2) is 103 Å². The number of fused-ring (bicyclic) bond motifs is 2. The third-order valence-electron chi connectivity index (χ3n) is 7.05. The van der Waals surface area contributed by atoms with Crippen LogP contribution in [0, 0.1) is 0 Å². The molecule has 9 atom stereocenters. The average molecular weight is 648 g/mol. The molecule has 226 valence electrons. The fourth-order valence-electron chi connectivity index (χ4n) is 5.02. The van der Waals surface area contributed by atoms with Crippen LogP contribution in [0.2, 0.25) is 0 Å². The van der Waals surface area contributed by atoms with Crippen LogP contribution < -0.4 is 17.0 Å². The zero-order valence-electron chi connectivity index (χ0n) is 21.2. The average Bonchev–Trinajstić information content (AvgIpc) is 3.69. The Balaban J connectivity index is 1.25. The number of nitrogen functional groups attached to an aromatic ring is 2. The molecule has 0 saturated carbocycles. The monoisotopic (exact) mass is 647 g/mol. The second-order valence-electron chi connectivity index (χ2n) is 9.61. The van der Waals surface area contributed by atoms with Gasteiger partial charge >= 0.3 is 0 Å². The van der Waals surface area contributed by atoms with Gasteiger partial charge in [0.15, 0.2) is 40.5 Å². The molecule has 42 heavy (non-hydrogen) atoms. The van der Waals surface area contributed by atoms with E-state index in [1.807, 2.05) is 0 Å². The minimum atomic E-state index is -4.24. The number of halogens is 2. The number of hydrogen-bond acceptors (Lipinski definition) is 15. The van der Waals surface area contributed by atoms with Gasteiger partial charge < -0.3 is 35.5 Å². The Morgan fingerprint density at radius 3 is 2.76 bits per heavy atom. The first-order valence-electron chi connectivity index (χ1n) is 12.4. The van der Waals surface area contributed by atoms with Gasteiger partial charge in [0.2, 0.25) is 5.95 Å². The molecule has 0 spiro atoms. The molecule has 0 aliphatic carbocycles. The maximum Gasteiger partial charge on any atom is 0.280 e. The van der Waals surface area contributed by atoms with Gasteiger partial charge in [-0.1, -0.05) is 17.5 Å². The second-order valence-corrected chi connectivity index (χ2v) is 14.6. The Kier molecular flexibility index (Phi) is 7.61. The van der Waals surface area contributed by atoms with Gasteiger partial charge in [-0.3, -0.25) is 14.3 Å². The van der Waals surface area contributed by atoms with E-state index in [1.54, 1.807) is 0 Å². The van der Waals surface area contributed by atoms with E-state index in [2.05, 4.69) is 47.5 Å². The zero-order chi connectivity index (χ0) is 29.9. The van der Waals surface area contributed by atoms with E-state index >= 15 is 8.78 Å². The first-order valence-corrected chi connectivity index (χ1v) is 16.2. The van der Waals surface area contributed by atoms with Crippen LogP contribution in [0.5, 0.6) is 0 Å². The van der Waals surface area contributed by atoms with Gasteiger partial charge in [0, 0.05) is 11.9 Å². The van der Waals surface area contributed by atoms with E-state index in [9.17, 15) is 19.6 Å². The molecule has 2 fully saturated rings. The summed E-state index contributed by atoms with van der Waals surface area (Å²) in [5, 5.41) is 25.9. The summed E-state index contributed by atoms with van der Waals surface area (Å²) in [6.45, 7) is -5.23. The molecule has 2 aliphatic rings. The summed E-state index contributed by atoms with van der Waals surface area (Å²) in [5.41, 5.74) is 9.50. The number of aromatic nitrogens is 9. The SMILES string of the molecule is Nc1nc2c(ncn2[C@@H]2S[C@H](CCO)[C@@H](F)[C@H]2P(=O)(S)OC[C@H]2O[C@@H](n3nnc4c(N)ncnc43)[C@@H](F)[C@@H]2O)c(=O)[nH]1. The van der Waals surface area contributed by atoms with E-state index in [1.165, 1.54) is 10.9 Å². The fourth-order valence-corrected chi connectivity index (χ4v) is 10.1. The van der Waals surface area contributed by atoms with Crippen molar-refractivity contribution in [2.75, 3.05) is 24.7 Å². The number of aliphatic hydroxyl groups is 2. The minimum Gasteiger partial charge on any atom is -0.396 e. The van der Waals surface area contributed by atoms with Gasteiger partial charge in [-0.15, -0.1) is 16.9 Å². The van der Waals surface area contributed by atoms with E-state index in [-0.39, 0.29) is 47.1 Å². The quantitative estimate of drug-likeness (QED) is 0.108. The lowest BCUT2D eigenvalue weighted by atomic mass is 10.1. The number of imidazole rings is 1. The highest BCUT2D eigenvalue weighted by Gasteiger charge is 2.55. The summed E-state index contributed by atoms with van der Waals surface area (Å²) in [7, 11) is 0. The molecule has 6 rings (SSSR count). The van der Waals surface area contributed by atoms with Gasteiger partial charge in [-0.05, 0) is 6.42 Å². The van der Waals surface area contributed by atoms with Crippen molar-refractivity contribution in [2.24, 2.45) is 0 Å². The Morgan fingerprint density at radius 1 is 1.21 bits per heavy atom. The van der Waals surface area contributed by atoms with E-state index in [4.69, 9.17) is 20.7 Å².